The zero-order valence-electron chi connectivity index (χ0n) is 10.4. The highest BCUT2D eigenvalue weighted by molar-refractivity contribution is 7.99. The van der Waals surface area contributed by atoms with E-state index in [1.54, 1.807) is 30.5 Å². The van der Waals surface area contributed by atoms with E-state index in [1.165, 1.54) is 11.8 Å². The fraction of sp³-hybridized carbons (Fsp3) is 0. The Kier molecular flexibility index (Phi) is 3.35. The number of aromatic carboxylic acids is 1. The Balaban J connectivity index is 1.99. The van der Waals surface area contributed by atoms with Crippen LogP contribution in [0.4, 0.5) is 0 Å². The lowest BCUT2D eigenvalue weighted by Gasteiger charge is -2.05. The number of para-hydroxylation sites is 1. The molecule has 0 bridgehead atoms. The zero-order chi connectivity index (χ0) is 13.9. The molecule has 5 heteroatoms. The second-order valence-electron chi connectivity index (χ2n) is 4.11. The van der Waals surface area contributed by atoms with Crippen molar-refractivity contribution in [2.24, 2.45) is 0 Å². The summed E-state index contributed by atoms with van der Waals surface area (Å²) in [5.41, 5.74) is 1.10. The number of carboxylic acid groups (broad SMARTS) is 1. The van der Waals surface area contributed by atoms with Crippen LogP contribution in [0.15, 0.2) is 64.8 Å². The van der Waals surface area contributed by atoms with E-state index < -0.39 is 5.97 Å². The SMILES string of the molecule is O=C(O)c1ccccc1Sc1ncc2ccccc2n1. The zero-order valence-corrected chi connectivity index (χ0v) is 11.2. The molecule has 98 valence electrons. The maximum absolute atomic E-state index is 11.2. The number of aromatic nitrogens is 2. The van der Waals surface area contributed by atoms with Gasteiger partial charge in [0.05, 0.1) is 11.1 Å². The Labute approximate surface area is 119 Å². The van der Waals surface area contributed by atoms with Crippen molar-refractivity contribution in [2.45, 2.75) is 10.1 Å². The van der Waals surface area contributed by atoms with Gasteiger partial charge in [-0.2, -0.15) is 0 Å². The minimum atomic E-state index is -0.950. The maximum atomic E-state index is 11.2. The number of nitrogens with zero attached hydrogens (tertiary/aromatic N) is 2. The molecule has 3 rings (SSSR count). The Morgan fingerprint density at radius 2 is 1.80 bits per heavy atom. The van der Waals surface area contributed by atoms with Gasteiger partial charge in [-0.05, 0) is 30.0 Å². The molecule has 1 aromatic heterocycles. The van der Waals surface area contributed by atoms with Crippen molar-refractivity contribution in [3.63, 3.8) is 0 Å². The molecule has 2 aromatic carbocycles. The fourth-order valence-corrected chi connectivity index (χ4v) is 2.69. The van der Waals surface area contributed by atoms with Crippen LogP contribution in [0.5, 0.6) is 0 Å². The highest BCUT2D eigenvalue weighted by Gasteiger charge is 2.11. The largest absolute Gasteiger partial charge is 0.478 e. The molecule has 1 N–H and O–H groups in total. The molecule has 0 aliphatic rings. The highest BCUT2D eigenvalue weighted by Crippen LogP contribution is 2.28. The molecule has 0 unspecified atom stereocenters. The van der Waals surface area contributed by atoms with Crippen LogP contribution in [-0.4, -0.2) is 21.0 Å². The topological polar surface area (TPSA) is 63.1 Å². The van der Waals surface area contributed by atoms with Gasteiger partial charge in [0.1, 0.15) is 0 Å². The van der Waals surface area contributed by atoms with Gasteiger partial charge in [0.25, 0.3) is 0 Å². The summed E-state index contributed by atoms with van der Waals surface area (Å²) in [6.45, 7) is 0. The van der Waals surface area contributed by atoms with Crippen molar-refractivity contribution >= 4 is 28.6 Å². The second-order valence-corrected chi connectivity index (χ2v) is 5.12. The molecule has 0 spiro atoms. The molecule has 3 aromatic rings. The molecule has 0 atom stereocenters. The van der Waals surface area contributed by atoms with E-state index >= 15 is 0 Å². The van der Waals surface area contributed by atoms with E-state index in [0.29, 0.717) is 10.1 Å². The highest BCUT2D eigenvalue weighted by atomic mass is 32.2. The lowest BCUT2D eigenvalue weighted by molar-refractivity contribution is 0.0693. The monoisotopic (exact) mass is 282 g/mol. The molecular weight excluding hydrogens is 272 g/mol. The summed E-state index contributed by atoms with van der Waals surface area (Å²) in [5, 5.41) is 10.7. The molecule has 0 saturated carbocycles. The molecule has 0 aliphatic carbocycles. The van der Waals surface area contributed by atoms with Gasteiger partial charge in [0.2, 0.25) is 0 Å². The van der Waals surface area contributed by atoms with Crippen LogP contribution >= 0.6 is 11.8 Å². The minimum absolute atomic E-state index is 0.259. The van der Waals surface area contributed by atoms with Crippen molar-refractivity contribution in [1.29, 1.82) is 0 Å². The quantitative estimate of drug-likeness (QED) is 0.745. The number of carboxylic acids is 1. The Morgan fingerprint density at radius 1 is 1.05 bits per heavy atom. The second kappa shape index (κ2) is 5.30. The third-order valence-corrected chi connectivity index (χ3v) is 3.74. The number of hydrogen-bond acceptors (Lipinski definition) is 4. The lowest BCUT2D eigenvalue weighted by atomic mass is 10.2. The van der Waals surface area contributed by atoms with E-state index in [0.717, 1.165) is 10.9 Å². The average Bonchev–Trinajstić information content (AvgIpc) is 2.47. The maximum Gasteiger partial charge on any atom is 0.336 e. The molecule has 0 saturated heterocycles. The van der Waals surface area contributed by atoms with Crippen molar-refractivity contribution in [1.82, 2.24) is 9.97 Å². The summed E-state index contributed by atoms with van der Waals surface area (Å²) in [6.07, 6.45) is 1.74. The van der Waals surface area contributed by atoms with E-state index in [9.17, 15) is 4.79 Å². The first kappa shape index (κ1) is 12.6. The van der Waals surface area contributed by atoms with Crippen LogP contribution in [0.2, 0.25) is 0 Å². The summed E-state index contributed by atoms with van der Waals surface area (Å²) in [4.78, 5) is 20.5. The van der Waals surface area contributed by atoms with Crippen molar-refractivity contribution < 1.29 is 9.90 Å². The minimum Gasteiger partial charge on any atom is -0.478 e. The number of hydrogen-bond donors (Lipinski definition) is 1. The van der Waals surface area contributed by atoms with Crippen LogP contribution in [0.3, 0.4) is 0 Å². The number of rotatable bonds is 3. The molecule has 0 radical (unpaired) electrons. The third-order valence-electron chi connectivity index (χ3n) is 2.79. The number of fused-ring (bicyclic) bond motifs is 1. The summed E-state index contributed by atoms with van der Waals surface area (Å²) in [6, 6.07) is 14.5. The summed E-state index contributed by atoms with van der Waals surface area (Å²) in [5.74, 6) is -0.950. The smallest absolute Gasteiger partial charge is 0.336 e. The summed E-state index contributed by atoms with van der Waals surface area (Å²) >= 11 is 1.25. The molecule has 1 heterocycles. The van der Waals surface area contributed by atoms with Gasteiger partial charge in [0, 0.05) is 16.5 Å². The lowest BCUT2D eigenvalue weighted by Crippen LogP contribution is -1.98. The Hall–Kier alpha value is -2.40. The fourth-order valence-electron chi connectivity index (χ4n) is 1.84. The van der Waals surface area contributed by atoms with Crippen LogP contribution in [0.1, 0.15) is 10.4 Å². The van der Waals surface area contributed by atoms with E-state index in [1.807, 2.05) is 24.3 Å². The van der Waals surface area contributed by atoms with E-state index in [4.69, 9.17) is 5.11 Å². The Bertz CT molecular complexity index is 789. The van der Waals surface area contributed by atoms with Gasteiger partial charge >= 0.3 is 5.97 Å². The molecule has 0 fully saturated rings. The molecule has 0 aliphatic heterocycles. The summed E-state index contributed by atoms with van der Waals surface area (Å²) in [7, 11) is 0. The van der Waals surface area contributed by atoms with Gasteiger partial charge < -0.3 is 5.11 Å². The van der Waals surface area contributed by atoms with Crippen molar-refractivity contribution in [3.8, 4) is 0 Å². The average molecular weight is 282 g/mol. The van der Waals surface area contributed by atoms with Crippen LogP contribution in [0, 0.1) is 0 Å². The number of carbonyl (C=O) groups is 1. The van der Waals surface area contributed by atoms with E-state index in [-0.39, 0.29) is 5.56 Å². The van der Waals surface area contributed by atoms with Gasteiger partial charge in [-0.15, -0.1) is 0 Å². The van der Waals surface area contributed by atoms with E-state index in [2.05, 4.69) is 9.97 Å². The molecule has 0 amide bonds. The van der Waals surface area contributed by atoms with Gasteiger partial charge in [-0.1, -0.05) is 30.3 Å². The van der Waals surface area contributed by atoms with Gasteiger partial charge in [0.15, 0.2) is 5.16 Å². The van der Waals surface area contributed by atoms with Crippen LogP contribution < -0.4 is 0 Å². The van der Waals surface area contributed by atoms with Crippen LogP contribution in [0.25, 0.3) is 10.9 Å². The van der Waals surface area contributed by atoms with Crippen molar-refractivity contribution in [2.75, 3.05) is 0 Å². The summed E-state index contributed by atoms with van der Waals surface area (Å²) < 4.78 is 0. The standard InChI is InChI=1S/C15H10N2O2S/c18-14(19)11-6-2-4-8-13(11)20-15-16-9-10-5-1-3-7-12(10)17-15/h1-9H,(H,18,19). The molecule has 4 nitrogen and oxygen atoms in total. The predicted octanol–water partition coefficient (Wildman–Crippen LogP) is 3.48. The van der Waals surface area contributed by atoms with Crippen LogP contribution in [-0.2, 0) is 0 Å². The normalized spacial score (nSPS) is 10.6. The first-order valence-corrected chi connectivity index (χ1v) is 6.77. The third kappa shape index (κ3) is 2.48. The predicted molar refractivity (Wildman–Crippen MR) is 77.1 cm³/mol. The van der Waals surface area contributed by atoms with Crippen molar-refractivity contribution in [3.05, 3.63) is 60.3 Å². The molecular formula is C15H10N2O2S. The first-order chi connectivity index (χ1) is 9.74. The first-order valence-electron chi connectivity index (χ1n) is 5.96. The Morgan fingerprint density at radius 3 is 2.65 bits per heavy atom. The molecule has 20 heavy (non-hydrogen) atoms. The van der Waals surface area contributed by atoms with Gasteiger partial charge in [-0.3, -0.25) is 0 Å². The van der Waals surface area contributed by atoms with Gasteiger partial charge in [-0.25, -0.2) is 14.8 Å². The number of benzene rings is 2.